The maximum absolute atomic E-state index is 12.7. The quantitative estimate of drug-likeness (QED) is 0.763. The van der Waals surface area contributed by atoms with Gasteiger partial charge in [-0.25, -0.2) is 0 Å². The Bertz CT molecular complexity index is 310. The molecule has 18 heavy (non-hydrogen) atoms. The van der Waals surface area contributed by atoms with Crippen LogP contribution in [0.1, 0.15) is 39.0 Å². The fraction of sp³-hybridized carbons (Fsp3) is 0.933. The molecule has 4 aliphatic rings. The number of hydrogen-bond acceptors (Lipinski definition) is 3. The second-order valence-electron chi connectivity index (χ2n) is 6.39. The molecule has 0 radical (unpaired) electrons. The SMILES string of the molecule is CCC1CCCC(C(=O)C2CN3CCN2CC3)C1. The molecule has 3 heteroatoms. The van der Waals surface area contributed by atoms with Crippen molar-refractivity contribution in [2.24, 2.45) is 11.8 Å². The van der Waals surface area contributed by atoms with Crippen molar-refractivity contribution in [3.63, 3.8) is 0 Å². The van der Waals surface area contributed by atoms with Crippen LogP contribution < -0.4 is 0 Å². The topological polar surface area (TPSA) is 23.6 Å². The maximum Gasteiger partial charge on any atom is 0.154 e. The zero-order chi connectivity index (χ0) is 12.5. The highest BCUT2D eigenvalue weighted by molar-refractivity contribution is 5.87. The second-order valence-corrected chi connectivity index (χ2v) is 6.39. The van der Waals surface area contributed by atoms with Gasteiger partial charge in [-0.3, -0.25) is 14.6 Å². The molecule has 0 aromatic carbocycles. The molecule has 102 valence electrons. The molecule has 3 heterocycles. The molecule has 1 aliphatic carbocycles. The average molecular weight is 250 g/mol. The van der Waals surface area contributed by atoms with Crippen molar-refractivity contribution in [2.45, 2.75) is 45.1 Å². The fourth-order valence-electron chi connectivity index (χ4n) is 4.08. The highest BCUT2D eigenvalue weighted by atomic mass is 16.1. The molecule has 0 amide bonds. The fourth-order valence-corrected chi connectivity index (χ4v) is 4.08. The summed E-state index contributed by atoms with van der Waals surface area (Å²) in [5, 5.41) is 0. The van der Waals surface area contributed by atoms with Crippen molar-refractivity contribution < 1.29 is 4.79 Å². The first-order chi connectivity index (χ1) is 8.78. The van der Waals surface area contributed by atoms with Gasteiger partial charge in [0.05, 0.1) is 6.04 Å². The zero-order valence-corrected chi connectivity index (χ0v) is 11.6. The van der Waals surface area contributed by atoms with Crippen LogP contribution >= 0.6 is 0 Å². The zero-order valence-electron chi connectivity index (χ0n) is 11.6. The van der Waals surface area contributed by atoms with Crippen LogP contribution in [0.4, 0.5) is 0 Å². The first kappa shape index (κ1) is 12.6. The van der Waals surface area contributed by atoms with Crippen molar-refractivity contribution >= 4 is 5.78 Å². The van der Waals surface area contributed by atoms with Gasteiger partial charge in [-0.1, -0.05) is 26.2 Å². The molecule has 0 aromatic rings. The number of piperazine rings is 3. The van der Waals surface area contributed by atoms with E-state index in [-0.39, 0.29) is 6.04 Å². The van der Waals surface area contributed by atoms with E-state index in [9.17, 15) is 4.79 Å². The van der Waals surface area contributed by atoms with E-state index in [0.717, 1.165) is 32.0 Å². The van der Waals surface area contributed by atoms with Crippen LogP contribution in [0.2, 0.25) is 0 Å². The number of rotatable bonds is 3. The number of nitrogens with zero attached hydrogens (tertiary/aromatic N) is 2. The average Bonchev–Trinajstić information content (AvgIpc) is 2.47. The highest BCUT2D eigenvalue weighted by Crippen LogP contribution is 2.33. The van der Waals surface area contributed by atoms with E-state index in [1.807, 2.05) is 0 Å². The van der Waals surface area contributed by atoms with E-state index >= 15 is 0 Å². The third kappa shape index (κ3) is 2.35. The lowest BCUT2D eigenvalue weighted by molar-refractivity contribution is -0.135. The summed E-state index contributed by atoms with van der Waals surface area (Å²) in [6, 6.07) is 0.230. The van der Waals surface area contributed by atoms with Crippen LogP contribution in [0, 0.1) is 11.8 Å². The number of ketones is 1. The predicted octanol–water partition coefficient (Wildman–Crippen LogP) is 1.77. The molecule has 2 bridgehead atoms. The number of carbonyl (C=O) groups excluding carboxylic acids is 1. The lowest BCUT2D eigenvalue weighted by Gasteiger charge is -2.48. The van der Waals surface area contributed by atoms with Gasteiger partial charge in [-0.15, -0.1) is 0 Å². The number of Topliss-reactive ketones (excluding diaryl/α,β-unsaturated/α-hetero) is 1. The summed E-state index contributed by atoms with van der Waals surface area (Å²) in [7, 11) is 0. The Hall–Kier alpha value is -0.410. The summed E-state index contributed by atoms with van der Waals surface area (Å²) < 4.78 is 0. The molecule has 4 rings (SSSR count). The van der Waals surface area contributed by atoms with Crippen molar-refractivity contribution in [3.05, 3.63) is 0 Å². The molecule has 3 atom stereocenters. The molecule has 3 unspecified atom stereocenters. The molecular weight excluding hydrogens is 224 g/mol. The van der Waals surface area contributed by atoms with Crippen molar-refractivity contribution in [3.8, 4) is 0 Å². The molecule has 1 saturated carbocycles. The smallest absolute Gasteiger partial charge is 0.154 e. The van der Waals surface area contributed by atoms with Gasteiger partial charge in [0.2, 0.25) is 0 Å². The number of hydrogen-bond donors (Lipinski definition) is 0. The van der Waals surface area contributed by atoms with Gasteiger partial charge in [0.1, 0.15) is 0 Å². The van der Waals surface area contributed by atoms with Crippen molar-refractivity contribution in [1.82, 2.24) is 9.80 Å². The Labute approximate surface area is 111 Å². The molecule has 3 aliphatic heterocycles. The van der Waals surface area contributed by atoms with Gasteiger partial charge < -0.3 is 0 Å². The lowest BCUT2D eigenvalue weighted by atomic mass is 9.76. The van der Waals surface area contributed by atoms with E-state index in [1.54, 1.807) is 0 Å². The van der Waals surface area contributed by atoms with Gasteiger partial charge in [0.25, 0.3) is 0 Å². The molecule has 3 nitrogen and oxygen atoms in total. The van der Waals surface area contributed by atoms with E-state index in [2.05, 4.69) is 16.7 Å². The third-order valence-electron chi connectivity index (χ3n) is 5.37. The van der Waals surface area contributed by atoms with Crippen LogP contribution in [-0.4, -0.2) is 54.3 Å². The van der Waals surface area contributed by atoms with E-state index in [4.69, 9.17) is 0 Å². The largest absolute Gasteiger partial charge is 0.299 e. The van der Waals surface area contributed by atoms with E-state index in [1.165, 1.54) is 38.8 Å². The van der Waals surface area contributed by atoms with Crippen molar-refractivity contribution in [1.29, 1.82) is 0 Å². The van der Waals surface area contributed by atoms with E-state index < -0.39 is 0 Å². The predicted molar refractivity (Wildman–Crippen MR) is 72.5 cm³/mol. The summed E-state index contributed by atoms with van der Waals surface area (Å²) in [5.41, 5.74) is 0. The Kier molecular flexibility index (Phi) is 3.71. The van der Waals surface area contributed by atoms with Gasteiger partial charge >= 0.3 is 0 Å². The third-order valence-corrected chi connectivity index (χ3v) is 5.37. The van der Waals surface area contributed by atoms with Crippen LogP contribution in [0.3, 0.4) is 0 Å². The molecule has 0 aromatic heterocycles. The lowest BCUT2D eigenvalue weighted by Crippen LogP contribution is -2.64. The van der Waals surface area contributed by atoms with Gasteiger partial charge in [0.15, 0.2) is 5.78 Å². The minimum Gasteiger partial charge on any atom is -0.299 e. The number of fused-ring (bicyclic) bond motifs is 3. The van der Waals surface area contributed by atoms with Crippen LogP contribution in [0.25, 0.3) is 0 Å². The highest BCUT2D eigenvalue weighted by Gasteiger charge is 2.39. The first-order valence-electron chi connectivity index (χ1n) is 7.78. The molecule has 0 N–H and O–H groups in total. The van der Waals surface area contributed by atoms with Gasteiger partial charge in [0, 0.05) is 38.6 Å². The Morgan fingerprint density at radius 3 is 2.56 bits per heavy atom. The Morgan fingerprint density at radius 1 is 1.17 bits per heavy atom. The Balaban J connectivity index is 1.63. The van der Waals surface area contributed by atoms with Crippen LogP contribution in [0.15, 0.2) is 0 Å². The Morgan fingerprint density at radius 2 is 1.94 bits per heavy atom. The monoisotopic (exact) mass is 250 g/mol. The van der Waals surface area contributed by atoms with E-state index in [0.29, 0.717) is 11.7 Å². The maximum atomic E-state index is 12.7. The second kappa shape index (κ2) is 5.30. The minimum atomic E-state index is 0.230. The summed E-state index contributed by atoms with van der Waals surface area (Å²) in [5.74, 6) is 1.75. The first-order valence-corrected chi connectivity index (χ1v) is 7.78. The van der Waals surface area contributed by atoms with Crippen LogP contribution in [0.5, 0.6) is 0 Å². The van der Waals surface area contributed by atoms with Gasteiger partial charge in [-0.05, 0) is 18.8 Å². The number of carbonyl (C=O) groups is 1. The molecular formula is C15H26N2O. The van der Waals surface area contributed by atoms with Gasteiger partial charge in [-0.2, -0.15) is 0 Å². The standard InChI is InChI=1S/C15H26N2O/c1-2-12-4-3-5-13(10-12)15(18)14-11-16-6-8-17(14)9-7-16/h12-14H,2-11H2,1H3. The minimum absolute atomic E-state index is 0.230. The molecule has 3 saturated heterocycles. The summed E-state index contributed by atoms with van der Waals surface area (Å²) in [4.78, 5) is 17.7. The summed E-state index contributed by atoms with van der Waals surface area (Å²) >= 11 is 0. The van der Waals surface area contributed by atoms with Crippen molar-refractivity contribution in [2.75, 3.05) is 32.7 Å². The summed E-state index contributed by atoms with van der Waals surface area (Å²) in [6.45, 7) is 7.85. The molecule has 0 spiro atoms. The molecule has 4 fully saturated rings. The summed E-state index contributed by atoms with van der Waals surface area (Å²) in [6.07, 6.45) is 6.19. The normalized spacial score (nSPS) is 43.9. The van der Waals surface area contributed by atoms with Crippen LogP contribution in [-0.2, 0) is 4.79 Å².